The molecule has 0 saturated carbocycles. The van der Waals surface area contributed by atoms with Crippen molar-refractivity contribution in [2.45, 2.75) is 43.0 Å². The van der Waals surface area contributed by atoms with E-state index in [1.165, 1.54) is 10.4 Å². The summed E-state index contributed by atoms with van der Waals surface area (Å²) in [6.07, 6.45) is 3.52. The van der Waals surface area contributed by atoms with E-state index in [0.717, 1.165) is 24.8 Å². The molecule has 0 bridgehead atoms. The van der Waals surface area contributed by atoms with Gasteiger partial charge in [-0.25, -0.2) is 0 Å². The van der Waals surface area contributed by atoms with Crippen molar-refractivity contribution in [1.29, 1.82) is 0 Å². The third-order valence-corrected chi connectivity index (χ3v) is 7.24. The van der Waals surface area contributed by atoms with Gasteiger partial charge >= 0.3 is 35.5 Å². The van der Waals surface area contributed by atoms with Crippen LogP contribution in [0.25, 0.3) is 0 Å². The molecule has 9 heteroatoms. The van der Waals surface area contributed by atoms with Gasteiger partial charge in [0.25, 0.3) is 0 Å². The summed E-state index contributed by atoms with van der Waals surface area (Å²) in [7, 11) is -2.16. The number of benzene rings is 2. The molecule has 0 aromatic heterocycles. The fourth-order valence-electron chi connectivity index (χ4n) is 3.65. The van der Waals surface area contributed by atoms with Gasteiger partial charge in [-0.05, 0) is 48.7 Å². The number of anilines is 1. The Kier molecular flexibility index (Phi) is 9.52. The number of carboxylic acid groups (broad SMARTS) is 1. The first-order valence-corrected chi connectivity index (χ1v) is 11.5. The van der Waals surface area contributed by atoms with E-state index >= 15 is 0 Å². The molecule has 0 amide bonds. The smallest absolute Gasteiger partial charge is 0.779 e. The number of carboxylic acids is 1. The van der Waals surface area contributed by atoms with E-state index < -0.39 is 16.7 Å². The van der Waals surface area contributed by atoms with Crippen LogP contribution in [0, 0.1) is 0 Å². The third kappa shape index (κ3) is 5.72. The standard InChI is InChI=1S/C21H27ClN2O4S.Na/c1-24-18-9-6-5-8-16(18)21(23-13-7-3-2-4-10-20(25)26)17-12-11-15(22)14-19(17)29(24,27)28;/h5-6,8-9,11-12,14,21,23,27-28H,2-4,7,10,13H2,1H3,(H,25,26);/q;+1/p-2. The Labute approximate surface area is 206 Å². The number of carbonyl (C=O) groups is 1. The van der Waals surface area contributed by atoms with Crippen LogP contribution in [0.1, 0.15) is 49.3 Å². The molecule has 1 heterocycles. The zero-order chi connectivity index (χ0) is 21.0. The van der Waals surface area contributed by atoms with Crippen LogP contribution in [0.5, 0.6) is 0 Å². The van der Waals surface area contributed by atoms with Crippen molar-refractivity contribution in [3.8, 4) is 0 Å². The molecule has 0 fully saturated rings. The summed E-state index contributed by atoms with van der Waals surface area (Å²) < 4.78 is 27.7. The van der Waals surface area contributed by atoms with Crippen molar-refractivity contribution >= 4 is 34.0 Å². The van der Waals surface area contributed by atoms with Gasteiger partial charge in [-0.3, -0.25) is 4.79 Å². The maximum atomic E-state index is 13.2. The molecule has 0 saturated heterocycles. The van der Waals surface area contributed by atoms with Crippen LogP contribution in [-0.4, -0.2) is 33.8 Å². The monoisotopic (exact) mass is 459 g/mol. The van der Waals surface area contributed by atoms with E-state index in [2.05, 4.69) is 5.32 Å². The molecule has 0 spiro atoms. The molecule has 0 aliphatic carbocycles. The summed E-state index contributed by atoms with van der Waals surface area (Å²) in [5.74, 6) is -0.765. The molecule has 1 atom stereocenters. The van der Waals surface area contributed by atoms with Crippen LogP contribution in [0.4, 0.5) is 5.69 Å². The number of unbranched alkanes of at least 4 members (excludes halogenated alkanes) is 3. The van der Waals surface area contributed by atoms with Gasteiger partial charge in [-0.2, -0.15) is 0 Å². The first-order valence-electron chi connectivity index (χ1n) is 9.65. The summed E-state index contributed by atoms with van der Waals surface area (Å²) in [4.78, 5) is 10.8. The number of sulfonamides is 1. The molecule has 1 aliphatic rings. The number of nitrogens with one attached hydrogen (secondary N) is 1. The maximum Gasteiger partial charge on any atom is 1.00 e. The molecule has 3 rings (SSSR count). The molecular weight excluding hydrogens is 435 g/mol. The predicted molar refractivity (Wildman–Crippen MR) is 114 cm³/mol. The van der Waals surface area contributed by atoms with Crippen LogP contribution in [0.2, 0.25) is 5.02 Å². The molecule has 2 aromatic rings. The van der Waals surface area contributed by atoms with Gasteiger partial charge in [0.15, 0.2) is 0 Å². The van der Waals surface area contributed by atoms with Crippen LogP contribution >= 0.6 is 22.4 Å². The van der Waals surface area contributed by atoms with E-state index in [0.29, 0.717) is 29.2 Å². The molecule has 1 unspecified atom stereocenters. The maximum absolute atomic E-state index is 13.2. The van der Waals surface area contributed by atoms with Gasteiger partial charge in [-0.1, -0.05) is 48.7 Å². The molecular formula is C21H25ClN2NaO4S-. The van der Waals surface area contributed by atoms with Gasteiger partial charge in [0.1, 0.15) is 0 Å². The van der Waals surface area contributed by atoms with Gasteiger partial charge < -0.3 is 34.6 Å². The van der Waals surface area contributed by atoms with E-state index in [-0.39, 0.29) is 46.9 Å². The molecule has 2 N–H and O–H groups in total. The number of rotatable bonds is 8. The molecule has 6 nitrogen and oxygen atoms in total. The molecule has 2 aromatic carbocycles. The van der Waals surface area contributed by atoms with E-state index in [1.54, 1.807) is 25.2 Å². The van der Waals surface area contributed by atoms with Crippen molar-refractivity contribution in [1.82, 2.24) is 5.32 Å². The zero-order valence-electron chi connectivity index (χ0n) is 17.3. The second-order valence-electron chi connectivity index (χ2n) is 7.16. The van der Waals surface area contributed by atoms with E-state index in [4.69, 9.17) is 16.7 Å². The quantitative estimate of drug-likeness (QED) is 0.461. The minimum Gasteiger partial charge on any atom is -0.779 e. The van der Waals surface area contributed by atoms with Crippen molar-refractivity contribution in [3.63, 3.8) is 0 Å². The van der Waals surface area contributed by atoms with Gasteiger partial charge in [0, 0.05) is 23.4 Å². The Hall–Kier alpha value is -0.770. The van der Waals surface area contributed by atoms with E-state index in [1.807, 2.05) is 18.2 Å². The van der Waals surface area contributed by atoms with Gasteiger partial charge in [-0.15, -0.1) is 0 Å². The number of nitrogens with zero attached hydrogens (tertiary/aromatic N) is 1. The Morgan fingerprint density at radius 2 is 1.83 bits per heavy atom. The van der Waals surface area contributed by atoms with Crippen molar-refractivity contribution in [2.24, 2.45) is 0 Å². The SMILES string of the molecule is CN1c2ccccc2C(NCCCCCCC(=O)O)c2ccc(Cl)cc2S1([O-])[O-].[Na+]. The Morgan fingerprint density at radius 3 is 2.57 bits per heavy atom. The number of para-hydroxylation sites is 1. The van der Waals surface area contributed by atoms with Crippen molar-refractivity contribution in [2.75, 3.05) is 17.9 Å². The third-order valence-electron chi connectivity index (χ3n) is 5.18. The first-order chi connectivity index (χ1) is 13.8. The van der Waals surface area contributed by atoms with Crippen molar-refractivity contribution in [3.05, 3.63) is 58.6 Å². The molecule has 1 aliphatic heterocycles. The Bertz CT molecular complexity index is 884. The van der Waals surface area contributed by atoms with Crippen molar-refractivity contribution < 1.29 is 48.6 Å². The second-order valence-corrected chi connectivity index (χ2v) is 9.53. The fraction of sp³-hybridized carbons (Fsp3) is 0.381. The average molecular weight is 460 g/mol. The summed E-state index contributed by atoms with van der Waals surface area (Å²) in [6, 6.07) is 12.2. The van der Waals surface area contributed by atoms with Gasteiger partial charge in [0.2, 0.25) is 0 Å². The number of fused-ring (bicyclic) bond motifs is 2. The normalized spacial score (nSPS) is 17.9. The second kappa shape index (κ2) is 11.2. The number of halogens is 1. The number of hydrogen-bond acceptors (Lipinski definition) is 5. The summed E-state index contributed by atoms with van der Waals surface area (Å²) in [6.45, 7) is 0.692. The molecule has 0 radical (unpaired) electrons. The minimum absolute atomic E-state index is 0. The fourth-order valence-corrected chi connectivity index (χ4v) is 5.37. The average Bonchev–Trinajstić information content (AvgIpc) is 2.75. The topological polar surface area (TPSA) is 98.7 Å². The largest absolute Gasteiger partial charge is 1.00 e. The van der Waals surface area contributed by atoms with Crippen LogP contribution in [0.3, 0.4) is 0 Å². The summed E-state index contributed by atoms with van der Waals surface area (Å²) in [5, 5.41) is 12.6. The van der Waals surface area contributed by atoms with Crippen LogP contribution in [-0.2, 0) is 4.79 Å². The zero-order valence-corrected chi connectivity index (χ0v) is 20.8. The van der Waals surface area contributed by atoms with Gasteiger partial charge in [0.05, 0.1) is 11.7 Å². The summed E-state index contributed by atoms with van der Waals surface area (Å²) in [5.41, 5.74) is 2.21. The van der Waals surface area contributed by atoms with E-state index in [9.17, 15) is 13.9 Å². The van der Waals surface area contributed by atoms with Crippen LogP contribution < -0.4 is 39.2 Å². The minimum atomic E-state index is -3.72. The summed E-state index contributed by atoms with van der Waals surface area (Å²) >= 11 is 6.12. The predicted octanol–water partition coefficient (Wildman–Crippen LogP) is 1.85. The molecule has 158 valence electrons. The number of aliphatic carboxylic acids is 1. The first kappa shape index (κ1) is 25.5. The Morgan fingerprint density at radius 1 is 1.13 bits per heavy atom. The van der Waals surface area contributed by atoms with Crippen LogP contribution in [0.15, 0.2) is 47.4 Å². The number of hydrogen-bond donors (Lipinski definition) is 2. The molecule has 30 heavy (non-hydrogen) atoms. The Balaban J connectivity index is 0.00000320.